The predicted octanol–water partition coefficient (Wildman–Crippen LogP) is 0.526. The molecule has 0 bridgehead atoms. The van der Waals surface area contributed by atoms with Gasteiger partial charge in [-0.1, -0.05) is 0 Å². The van der Waals surface area contributed by atoms with E-state index in [0.29, 0.717) is 18.7 Å². The van der Waals surface area contributed by atoms with Crippen LogP contribution in [0, 0.1) is 5.41 Å². The maximum absolute atomic E-state index is 11.5. The van der Waals surface area contributed by atoms with Gasteiger partial charge in [-0.2, -0.15) is 0 Å². The number of ether oxygens (including phenoxy) is 1. The van der Waals surface area contributed by atoms with Gasteiger partial charge < -0.3 is 15.4 Å². The molecule has 0 aliphatic heterocycles. The summed E-state index contributed by atoms with van der Waals surface area (Å²) >= 11 is 0. The van der Waals surface area contributed by atoms with Gasteiger partial charge in [0.05, 0.1) is 11.5 Å². The van der Waals surface area contributed by atoms with Crippen LogP contribution in [0.15, 0.2) is 0 Å². The second-order valence-corrected chi connectivity index (χ2v) is 4.87. The molecule has 1 saturated carbocycles. The van der Waals surface area contributed by atoms with Crippen LogP contribution in [0.4, 0.5) is 0 Å². The van der Waals surface area contributed by atoms with Gasteiger partial charge in [0.2, 0.25) is 5.91 Å². The predicted molar refractivity (Wildman–Crippen MR) is 59.7 cm³/mol. The number of hydrogen-bond acceptors (Lipinski definition) is 3. The summed E-state index contributed by atoms with van der Waals surface area (Å²) in [6.45, 7) is 4.62. The Hall–Kier alpha value is -0.610. The van der Waals surface area contributed by atoms with Crippen LogP contribution in [-0.4, -0.2) is 38.8 Å². The highest BCUT2D eigenvalue weighted by Gasteiger charge is 2.32. The molecule has 0 spiro atoms. The first-order valence-corrected chi connectivity index (χ1v) is 5.48. The van der Waals surface area contributed by atoms with Crippen molar-refractivity contribution in [2.24, 2.45) is 5.41 Å². The average molecular weight is 214 g/mol. The zero-order chi connectivity index (χ0) is 11.5. The molecule has 1 fully saturated rings. The SMILES string of the molecule is CNC(=O)C(C)(C)CNC1CC(OC)C1. The van der Waals surface area contributed by atoms with E-state index in [1.54, 1.807) is 14.2 Å². The Kier molecular flexibility index (Phi) is 4.11. The van der Waals surface area contributed by atoms with Gasteiger partial charge in [-0.05, 0) is 26.7 Å². The molecule has 0 aromatic heterocycles. The summed E-state index contributed by atoms with van der Waals surface area (Å²) in [5.74, 6) is 0.0811. The maximum atomic E-state index is 11.5. The number of methoxy groups -OCH3 is 1. The third kappa shape index (κ3) is 3.18. The fourth-order valence-corrected chi connectivity index (χ4v) is 1.74. The topological polar surface area (TPSA) is 50.4 Å². The van der Waals surface area contributed by atoms with E-state index >= 15 is 0 Å². The highest BCUT2D eigenvalue weighted by molar-refractivity contribution is 5.81. The summed E-state index contributed by atoms with van der Waals surface area (Å²) in [6, 6.07) is 0.513. The number of rotatable bonds is 5. The zero-order valence-corrected chi connectivity index (χ0v) is 10.1. The summed E-state index contributed by atoms with van der Waals surface area (Å²) < 4.78 is 5.20. The zero-order valence-electron chi connectivity index (χ0n) is 10.1. The Morgan fingerprint density at radius 2 is 2.07 bits per heavy atom. The van der Waals surface area contributed by atoms with Crippen molar-refractivity contribution < 1.29 is 9.53 Å². The van der Waals surface area contributed by atoms with Gasteiger partial charge in [0.15, 0.2) is 0 Å². The summed E-state index contributed by atoms with van der Waals surface area (Å²) in [7, 11) is 3.42. The third-order valence-electron chi connectivity index (χ3n) is 3.10. The summed E-state index contributed by atoms with van der Waals surface area (Å²) in [5.41, 5.74) is -0.340. The molecule has 0 aromatic carbocycles. The lowest BCUT2D eigenvalue weighted by molar-refractivity contribution is -0.128. The minimum atomic E-state index is -0.340. The molecule has 0 unspecified atom stereocenters. The summed E-state index contributed by atoms with van der Waals surface area (Å²) in [6.07, 6.45) is 2.52. The number of carbonyl (C=O) groups is 1. The molecule has 0 aromatic rings. The fraction of sp³-hybridized carbons (Fsp3) is 0.909. The molecule has 0 heterocycles. The van der Waals surface area contributed by atoms with Crippen LogP contribution in [0.25, 0.3) is 0 Å². The van der Waals surface area contributed by atoms with Gasteiger partial charge in [-0.15, -0.1) is 0 Å². The molecule has 4 nitrogen and oxygen atoms in total. The van der Waals surface area contributed by atoms with Crippen LogP contribution in [0.3, 0.4) is 0 Å². The molecule has 1 amide bonds. The molecular weight excluding hydrogens is 192 g/mol. The van der Waals surface area contributed by atoms with Crippen molar-refractivity contribution in [1.82, 2.24) is 10.6 Å². The minimum Gasteiger partial charge on any atom is -0.381 e. The van der Waals surface area contributed by atoms with Crippen molar-refractivity contribution in [1.29, 1.82) is 0 Å². The van der Waals surface area contributed by atoms with Crippen molar-refractivity contribution in [2.45, 2.75) is 38.8 Å². The second-order valence-electron chi connectivity index (χ2n) is 4.87. The summed E-state index contributed by atoms with van der Waals surface area (Å²) in [5, 5.41) is 6.08. The van der Waals surface area contributed by atoms with Crippen LogP contribution in [-0.2, 0) is 9.53 Å². The third-order valence-corrected chi connectivity index (χ3v) is 3.10. The lowest BCUT2D eigenvalue weighted by atomic mass is 9.86. The average Bonchev–Trinajstić information content (AvgIpc) is 2.14. The molecule has 1 aliphatic rings. The second kappa shape index (κ2) is 4.94. The van der Waals surface area contributed by atoms with E-state index in [1.165, 1.54) is 0 Å². The molecule has 88 valence electrons. The van der Waals surface area contributed by atoms with Crippen LogP contribution in [0.1, 0.15) is 26.7 Å². The first-order valence-electron chi connectivity index (χ1n) is 5.48. The van der Waals surface area contributed by atoms with Crippen molar-refractivity contribution in [3.8, 4) is 0 Å². The van der Waals surface area contributed by atoms with E-state index < -0.39 is 0 Å². The van der Waals surface area contributed by atoms with Crippen molar-refractivity contribution in [2.75, 3.05) is 20.7 Å². The van der Waals surface area contributed by atoms with Gasteiger partial charge in [-0.25, -0.2) is 0 Å². The quantitative estimate of drug-likeness (QED) is 0.701. The molecular formula is C11H22N2O2. The fourth-order valence-electron chi connectivity index (χ4n) is 1.74. The molecule has 1 rings (SSSR count). The minimum absolute atomic E-state index is 0.0811. The maximum Gasteiger partial charge on any atom is 0.226 e. The largest absolute Gasteiger partial charge is 0.381 e. The summed E-state index contributed by atoms with van der Waals surface area (Å²) in [4.78, 5) is 11.5. The van der Waals surface area contributed by atoms with E-state index in [1.807, 2.05) is 13.8 Å². The standard InChI is InChI=1S/C11H22N2O2/c1-11(2,10(14)12-3)7-13-8-5-9(6-8)15-4/h8-9,13H,5-7H2,1-4H3,(H,12,14). The smallest absolute Gasteiger partial charge is 0.226 e. The monoisotopic (exact) mass is 214 g/mol. The van der Waals surface area contributed by atoms with Gasteiger partial charge >= 0.3 is 0 Å². The van der Waals surface area contributed by atoms with Gasteiger partial charge in [0.25, 0.3) is 0 Å². The van der Waals surface area contributed by atoms with Crippen LogP contribution < -0.4 is 10.6 Å². The Morgan fingerprint density at radius 3 is 2.53 bits per heavy atom. The van der Waals surface area contributed by atoms with Crippen molar-refractivity contribution in [3.63, 3.8) is 0 Å². The molecule has 0 saturated heterocycles. The van der Waals surface area contributed by atoms with E-state index in [2.05, 4.69) is 10.6 Å². The highest BCUT2D eigenvalue weighted by atomic mass is 16.5. The molecule has 2 N–H and O–H groups in total. The van der Waals surface area contributed by atoms with Crippen molar-refractivity contribution >= 4 is 5.91 Å². The van der Waals surface area contributed by atoms with E-state index in [9.17, 15) is 4.79 Å². The number of carbonyl (C=O) groups excluding carboxylic acids is 1. The number of hydrogen-bond donors (Lipinski definition) is 2. The lowest BCUT2D eigenvalue weighted by Crippen LogP contribution is -2.50. The van der Waals surface area contributed by atoms with Crippen molar-refractivity contribution in [3.05, 3.63) is 0 Å². The first kappa shape index (κ1) is 12.5. The molecule has 0 radical (unpaired) electrons. The molecule has 4 heteroatoms. The number of nitrogens with one attached hydrogen (secondary N) is 2. The van der Waals surface area contributed by atoms with Crippen LogP contribution >= 0.6 is 0 Å². The molecule has 1 aliphatic carbocycles. The molecule has 0 atom stereocenters. The van der Waals surface area contributed by atoms with Gasteiger partial charge in [-0.3, -0.25) is 4.79 Å². The normalized spacial score (nSPS) is 25.9. The van der Waals surface area contributed by atoms with E-state index in [4.69, 9.17) is 4.74 Å². The Morgan fingerprint density at radius 1 is 1.47 bits per heavy atom. The van der Waals surface area contributed by atoms with Gasteiger partial charge in [0, 0.05) is 26.7 Å². The molecule has 15 heavy (non-hydrogen) atoms. The Balaban J connectivity index is 2.23. The van der Waals surface area contributed by atoms with E-state index in [0.717, 1.165) is 12.8 Å². The van der Waals surface area contributed by atoms with E-state index in [-0.39, 0.29) is 11.3 Å². The van der Waals surface area contributed by atoms with Gasteiger partial charge in [0.1, 0.15) is 0 Å². The Bertz CT molecular complexity index is 223. The van der Waals surface area contributed by atoms with Crippen LogP contribution in [0.2, 0.25) is 0 Å². The highest BCUT2D eigenvalue weighted by Crippen LogP contribution is 2.24. The number of amides is 1. The Labute approximate surface area is 91.8 Å². The first-order chi connectivity index (χ1) is 6.99. The van der Waals surface area contributed by atoms with Crippen LogP contribution in [0.5, 0.6) is 0 Å². The lowest BCUT2D eigenvalue weighted by Gasteiger charge is -2.36.